The van der Waals surface area contributed by atoms with Gasteiger partial charge in [-0.05, 0) is 42.3 Å². The SMILES string of the molecule is COC(=O)C1=Cc2cc(O)c(OC)cc2C(C)N(Cc2sc3ccccc3c2Cl)C=C1C(=O)OC. The molecule has 4 rings (SSSR count). The first-order valence-corrected chi connectivity index (χ1v) is 11.9. The number of carbonyl (C=O) groups excluding carboxylic acids is 2. The van der Waals surface area contributed by atoms with E-state index in [0.717, 1.165) is 20.5 Å². The number of ether oxygens (including phenoxy) is 3. The summed E-state index contributed by atoms with van der Waals surface area (Å²) in [5, 5.41) is 12.0. The average molecular weight is 514 g/mol. The summed E-state index contributed by atoms with van der Waals surface area (Å²) in [4.78, 5) is 28.3. The van der Waals surface area contributed by atoms with Crippen LogP contribution in [-0.2, 0) is 25.6 Å². The Balaban J connectivity index is 1.94. The van der Waals surface area contributed by atoms with Gasteiger partial charge in [0.2, 0.25) is 0 Å². The number of carbonyl (C=O) groups is 2. The maximum Gasteiger partial charge on any atom is 0.340 e. The Labute approximate surface area is 211 Å². The summed E-state index contributed by atoms with van der Waals surface area (Å²) >= 11 is 8.29. The molecule has 0 amide bonds. The Morgan fingerprint density at radius 2 is 1.77 bits per heavy atom. The second-order valence-electron chi connectivity index (χ2n) is 7.92. The summed E-state index contributed by atoms with van der Waals surface area (Å²) in [6.07, 6.45) is 3.12. The highest BCUT2D eigenvalue weighted by Crippen LogP contribution is 2.41. The van der Waals surface area contributed by atoms with Crippen LogP contribution in [0.1, 0.15) is 29.0 Å². The predicted octanol–water partition coefficient (Wildman–Crippen LogP) is 5.46. The minimum atomic E-state index is -0.711. The number of aromatic hydroxyl groups is 1. The molecule has 0 saturated carbocycles. The van der Waals surface area contributed by atoms with Gasteiger partial charge in [-0.2, -0.15) is 0 Å². The predicted molar refractivity (Wildman–Crippen MR) is 136 cm³/mol. The fraction of sp³-hybridized carbons (Fsp3) is 0.231. The maximum atomic E-state index is 12.8. The second kappa shape index (κ2) is 10.0. The van der Waals surface area contributed by atoms with Gasteiger partial charge < -0.3 is 24.2 Å². The number of fused-ring (bicyclic) bond motifs is 2. The minimum absolute atomic E-state index is 0.00417. The normalized spacial score (nSPS) is 15.5. The van der Waals surface area contributed by atoms with Crippen molar-refractivity contribution >= 4 is 51.0 Å². The van der Waals surface area contributed by atoms with Gasteiger partial charge in [-0.1, -0.05) is 29.8 Å². The van der Waals surface area contributed by atoms with Gasteiger partial charge in [0.05, 0.1) is 50.1 Å². The van der Waals surface area contributed by atoms with Gasteiger partial charge in [0.25, 0.3) is 0 Å². The summed E-state index contributed by atoms with van der Waals surface area (Å²) in [5.74, 6) is -1.21. The summed E-state index contributed by atoms with van der Waals surface area (Å²) in [7, 11) is 3.95. The lowest BCUT2D eigenvalue weighted by atomic mass is 9.93. The van der Waals surface area contributed by atoms with E-state index in [0.29, 0.717) is 22.9 Å². The fourth-order valence-corrected chi connectivity index (χ4v) is 5.58. The van der Waals surface area contributed by atoms with Gasteiger partial charge in [0.15, 0.2) is 11.5 Å². The molecule has 2 heterocycles. The first-order chi connectivity index (χ1) is 16.8. The molecule has 1 N–H and O–H groups in total. The van der Waals surface area contributed by atoms with Gasteiger partial charge in [0.1, 0.15) is 0 Å². The molecule has 0 saturated heterocycles. The zero-order valence-electron chi connectivity index (χ0n) is 19.6. The quantitative estimate of drug-likeness (QED) is 0.453. The lowest BCUT2D eigenvalue weighted by molar-refractivity contribution is -0.139. The molecular weight excluding hydrogens is 490 g/mol. The third-order valence-corrected chi connectivity index (χ3v) is 7.65. The van der Waals surface area contributed by atoms with E-state index in [9.17, 15) is 14.7 Å². The Hall–Kier alpha value is -3.49. The molecule has 0 fully saturated rings. The Bertz CT molecular complexity index is 1380. The highest BCUT2D eigenvalue weighted by atomic mass is 35.5. The average Bonchev–Trinajstić information content (AvgIpc) is 3.18. The van der Waals surface area contributed by atoms with E-state index in [4.69, 9.17) is 25.8 Å². The number of halogens is 1. The molecule has 1 aliphatic heterocycles. The Morgan fingerprint density at radius 1 is 1.09 bits per heavy atom. The second-order valence-corrected chi connectivity index (χ2v) is 9.44. The van der Waals surface area contributed by atoms with E-state index in [1.54, 1.807) is 23.6 Å². The van der Waals surface area contributed by atoms with Crippen molar-refractivity contribution in [3.63, 3.8) is 0 Å². The van der Waals surface area contributed by atoms with Gasteiger partial charge in [-0.25, -0.2) is 9.59 Å². The van der Waals surface area contributed by atoms with Crippen molar-refractivity contribution in [2.45, 2.75) is 19.5 Å². The molecule has 0 bridgehead atoms. The Kier molecular flexibility index (Phi) is 7.05. The van der Waals surface area contributed by atoms with Crippen LogP contribution in [0.25, 0.3) is 16.2 Å². The summed E-state index contributed by atoms with van der Waals surface area (Å²) in [6.45, 7) is 2.32. The number of hydrogen-bond acceptors (Lipinski definition) is 8. The molecule has 9 heteroatoms. The van der Waals surface area contributed by atoms with Crippen LogP contribution in [0.5, 0.6) is 11.5 Å². The van der Waals surface area contributed by atoms with Crippen LogP contribution in [0.2, 0.25) is 5.02 Å². The van der Waals surface area contributed by atoms with Crippen molar-refractivity contribution in [1.29, 1.82) is 0 Å². The molecule has 0 radical (unpaired) electrons. The van der Waals surface area contributed by atoms with E-state index in [-0.39, 0.29) is 22.9 Å². The largest absolute Gasteiger partial charge is 0.504 e. The maximum absolute atomic E-state index is 12.8. The Morgan fingerprint density at radius 3 is 2.43 bits per heavy atom. The molecule has 3 aromatic rings. The number of nitrogens with zero attached hydrogens (tertiary/aromatic N) is 1. The van der Waals surface area contributed by atoms with Crippen LogP contribution >= 0.6 is 22.9 Å². The third-order valence-electron chi connectivity index (χ3n) is 5.96. The number of thiophene rings is 1. The highest BCUT2D eigenvalue weighted by molar-refractivity contribution is 7.19. The van der Waals surface area contributed by atoms with Crippen LogP contribution in [-0.4, -0.2) is 43.3 Å². The van der Waals surface area contributed by atoms with Crippen molar-refractivity contribution in [1.82, 2.24) is 4.90 Å². The minimum Gasteiger partial charge on any atom is -0.504 e. The van der Waals surface area contributed by atoms with Crippen molar-refractivity contribution in [2.75, 3.05) is 21.3 Å². The topological polar surface area (TPSA) is 85.3 Å². The van der Waals surface area contributed by atoms with Gasteiger partial charge in [-0.15, -0.1) is 11.3 Å². The van der Waals surface area contributed by atoms with E-state index in [1.807, 2.05) is 36.1 Å². The molecular formula is C26H24ClNO6S. The van der Waals surface area contributed by atoms with Crippen LogP contribution in [0.15, 0.2) is 53.7 Å². The third kappa shape index (κ3) is 4.59. The van der Waals surface area contributed by atoms with Gasteiger partial charge >= 0.3 is 11.9 Å². The molecule has 1 aromatic heterocycles. The number of hydrogen-bond donors (Lipinski definition) is 1. The highest BCUT2D eigenvalue weighted by Gasteiger charge is 2.30. The van der Waals surface area contributed by atoms with E-state index >= 15 is 0 Å². The molecule has 0 aliphatic carbocycles. The van der Waals surface area contributed by atoms with E-state index < -0.39 is 11.9 Å². The first-order valence-electron chi connectivity index (χ1n) is 10.7. The zero-order chi connectivity index (χ0) is 25.3. The zero-order valence-corrected chi connectivity index (χ0v) is 21.2. The van der Waals surface area contributed by atoms with Crippen LogP contribution < -0.4 is 4.74 Å². The number of phenolic OH excluding ortho intramolecular Hbond substituents is 1. The molecule has 7 nitrogen and oxygen atoms in total. The van der Waals surface area contributed by atoms with Crippen LogP contribution in [0.4, 0.5) is 0 Å². The number of phenols is 1. The standard InChI is InChI=1S/C26H24ClNO6S/c1-14-17-11-21(32-2)20(29)10-15(17)9-18(25(30)33-3)19(26(31)34-4)12-28(14)13-23-24(27)16-7-5-6-8-22(16)35-23/h5-12,14,29H,13H2,1-4H3. The van der Waals surface area contributed by atoms with Crippen LogP contribution in [0.3, 0.4) is 0 Å². The number of rotatable bonds is 5. The molecule has 1 unspecified atom stereocenters. The summed E-state index contributed by atoms with van der Waals surface area (Å²) in [6, 6.07) is 10.8. The van der Waals surface area contributed by atoms with Crippen molar-refractivity contribution < 1.29 is 28.9 Å². The lowest BCUT2D eigenvalue weighted by Gasteiger charge is -2.32. The van der Waals surface area contributed by atoms with Crippen molar-refractivity contribution in [3.05, 3.63) is 74.8 Å². The first kappa shape index (κ1) is 24.6. The molecule has 1 aliphatic rings. The monoisotopic (exact) mass is 513 g/mol. The summed E-state index contributed by atoms with van der Waals surface area (Å²) < 4.78 is 16.3. The fourth-order valence-electron chi connectivity index (χ4n) is 4.08. The number of methoxy groups -OCH3 is 3. The van der Waals surface area contributed by atoms with E-state index in [2.05, 4.69) is 0 Å². The van der Waals surface area contributed by atoms with Crippen molar-refractivity contribution in [2.24, 2.45) is 0 Å². The van der Waals surface area contributed by atoms with Crippen LogP contribution in [0, 0.1) is 0 Å². The van der Waals surface area contributed by atoms with Crippen molar-refractivity contribution in [3.8, 4) is 11.5 Å². The van der Waals surface area contributed by atoms with Gasteiger partial charge in [0, 0.05) is 21.2 Å². The molecule has 2 aromatic carbocycles. The lowest BCUT2D eigenvalue weighted by Crippen LogP contribution is -2.26. The smallest absolute Gasteiger partial charge is 0.340 e. The number of esters is 2. The van der Waals surface area contributed by atoms with E-state index in [1.165, 1.54) is 33.5 Å². The van der Waals surface area contributed by atoms with Gasteiger partial charge in [-0.3, -0.25) is 0 Å². The summed E-state index contributed by atoms with van der Waals surface area (Å²) in [5.41, 5.74) is 1.35. The molecule has 182 valence electrons. The molecule has 0 spiro atoms. The molecule has 35 heavy (non-hydrogen) atoms. The molecule has 1 atom stereocenters. The number of benzene rings is 2.